The molecule has 7 aliphatic rings. The lowest BCUT2D eigenvalue weighted by Crippen LogP contribution is -2.70. The van der Waals surface area contributed by atoms with Crippen molar-refractivity contribution >= 4 is 29.7 Å². The summed E-state index contributed by atoms with van der Waals surface area (Å²) in [7, 11) is 4.95. The fraction of sp³-hybridized carbons (Fsp3) is 0.488. The molecular formula is C41H45N3O12S. The van der Waals surface area contributed by atoms with Crippen LogP contribution in [0, 0.1) is 13.8 Å². The van der Waals surface area contributed by atoms with Crippen molar-refractivity contribution in [2.24, 2.45) is 0 Å². The first kappa shape index (κ1) is 37.8. The van der Waals surface area contributed by atoms with Gasteiger partial charge in [-0.2, -0.15) is 0 Å². The molecular weight excluding hydrogens is 759 g/mol. The minimum atomic E-state index is -1.40. The Kier molecular flexibility index (Phi) is 9.08. The number of nitrogens with one attached hydrogen (secondary N) is 1. The third kappa shape index (κ3) is 5.44. The van der Waals surface area contributed by atoms with E-state index in [1.165, 1.54) is 39.8 Å². The van der Waals surface area contributed by atoms with Gasteiger partial charge in [0, 0.05) is 54.4 Å². The van der Waals surface area contributed by atoms with Gasteiger partial charge in [-0.25, -0.2) is 4.79 Å². The Morgan fingerprint density at radius 3 is 2.42 bits per heavy atom. The van der Waals surface area contributed by atoms with Gasteiger partial charge in [-0.3, -0.25) is 24.7 Å². The summed E-state index contributed by atoms with van der Waals surface area (Å²) in [6.45, 7) is 6.50. The average molecular weight is 804 g/mol. The van der Waals surface area contributed by atoms with E-state index in [4.69, 9.17) is 33.2 Å². The van der Waals surface area contributed by atoms with Crippen LogP contribution in [0.4, 0.5) is 0 Å². The smallest absolute Gasteiger partial charge is 0.331 e. The zero-order valence-electron chi connectivity index (χ0n) is 32.7. The molecule has 3 aromatic carbocycles. The summed E-state index contributed by atoms with van der Waals surface area (Å²) < 4.78 is 41.7. The van der Waals surface area contributed by atoms with Crippen LogP contribution in [0.15, 0.2) is 18.2 Å². The number of aliphatic hydroxyl groups is 1. The van der Waals surface area contributed by atoms with E-state index in [2.05, 4.69) is 10.2 Å². The molecule has 302 valence electrons. The highest BCUT2D eigenvalue weighted by molar-refractivity contribution is 7.99. The first-order valence-corrected chi connectivity index (χ1v) is 20.0. The van der Waals surface area contributed by atoms with Crippen molar-refractivity contribution < 1.29 is 57.8 Å². The van der Waals surface area contributed by atoms with Crippen LogP contribution in [-0.4, -0.2) is 103 Å². The van der Waals surface area contributed by atoms with E-state index in [9.17, 15) is 24.6 Å². The first-order valence-electron chi connectivity index (χ1n) is 19.0. The summed E-state index contributed by atoms with van der Waals surface area (Å²) in [6.07, 6.45) is -0.0837. The van der Waals surface area contributed by atoms with Gasteiger partial charge in [0.05, 0.1) is 37.6 Å². The highest BCUT2D eigenvalue weighted by Gasteiger charge is 2.61. The number of piperazine rings is 1. The second-order valence-corrected chi connectivity index (χ2v) is 16.6. The number of thioether (sulfide) groups is 1. The molecule has 15 nitrogen and oxygen atoms in total. The molecule has 2 saturated heterocycles. The zero-order chi connectivity index (χ0) is 40.2. The number of aliphatic hydroxyl groups excluding tert-OH is 1. The summed E-state index contributed by atoms with van der Waals surface area (Å²) in [5.41, 5.74) is 4.23. The molecule has 4 bridgehead atoms. The van der Waals surface area contributed by atoms with Gasteiger partial charge < -0.3 is 43.4 Å². The summed E-state index contributed by atoms with van der Waals surface area (Å²) in [4.78, 5) is 43.9. The zero-order valence-corrected chi connectivity index (χ0v) is 33.5. The number of ether oxygens (including phenoxy) is 7. The predicted octanol–water partition coefficient (Wildman–Crippen LogP) is 3.63. The Morgan fingerprint density at radius 2 is 1.70 bits per heavy atom. The van der Waals surface area contributed by atoms with Crippen LogP contribution in [0.5, 0.6) is 40.2 Å². The fourth-order valence-electron chi connectivity index (χ4n) is 10.2. The first-order chi connectivity index (χ1) is 27.3. The van der Waals surface area contributed by atoms with Crippen LogP contribution in [0.3, 0.4) is 0 Å². The van der Waals surface area contributed by atoms with Gasteiger partial charge in [-0.15, -0.1) is 11.8 Å². The van der Waals surface area contributed by atoms with Crippen molar-refractivity contribution in [3.63, 3.8) is 0 Å². The van der Waals surface area contributed by atoms with Gasteiger partial charge in [0.2, 0.25) is 6.79 Å². The van der Waals surface area contributed by atoms with Gasteiger partial charge in [-0.1, -0.05) is 6.07 Å². The number of phenolic OH excluding ortho intramolecular Hbond substituents is 1. The van der Waals surface area contributed by atoms with Gasteiger partial charge in [-0.05, 0) is 68.1 Å². The average Bonchev–Trinajstić information content (AvgIpc) is 3.66. The number of benzene rings is 3. The Labute approximate surface area is 333 Å². The lowest BCUT2D eigenvalue weighted by molar-refractivity contribution is -0.186. The van der Waals surface area contributed by atoms with E-state index in [0.29, 0.717) is 70.2 Å². The Balaban J connectivity index is 1.30. The number of nitrogens with zero attached hydrogens (tertiary/aromatic N) is 2. The van der Waals surface area contributed by atoms with E-state index in [-0.39, 0.29) is 36.4 Å². The molecule has 1 unspecified atom stereocenters. The number of esters is 3. The van der Waals surface area contributed by atoms with Crippen molar-refractivity contribution in [1.82, 2.24) is 15.1 Å². The molecule has 10 rings (SSSR count). The number of phenols is 1. The summed E-state index contributed by atoms with van der Waals surface area (Å²) in [5.74, 6) is 0.657. The van der Waals surface area contributed by atoms with Gasteiger partial charge in [0.25, 0.3) is 0 Å². The summed E-state index contributed by atoms with van der Waals surface area (Å²) >= 11 is 1.46. The van der Waals surface area contributed by atoms with E-state index in [0.717, 1.165) is 16.7 Å². The molecule has 0 radical (unpaired) electrons. The van der Waals surface area contributed by atoms with Crippen molar-refractivity contribution in [2.45, 2.75) is 81.7 Å². The number of carbonyl (C=O) groups excluding carboxylic acids is 3. The van der Waals surface area contributed by atoms with E-state index in [1.54, 1.807) is 12.1 Å². The summed E-state index contributed by atoms with van der Waals surface area (Å²) in [5, 5.41) is 27.5. The number of likely N-dealkylation sites (N-methyl/N-ethyl adjacent to an activating group) is 1. The molecule has 7 aliphatic heterocycles. The molecule has 57 heavy (non-hydrogen) atoms. The SMILES string of the molecule is COc1cc2c(cc1OC(C)=O)CCN[C@]21CS[C@@H]2c3c(OC(C)=O)c(C)c4c(c3[C@H](COC1=O)N1C2[C@@H]2c3c(cc(C)c(OC)c3O)C[C@H]([C@@H]1O)N2C)OCO4. The molecule has 2 fully saturated rings. The lowest BCUT2D eigenvalue weighted by Gasteiger charge is -2.62. The minimum absolute atomic E-state index is 0.0286. The number of aryl methyl sites for hydroxylation is 1. The number of hydrogen-bond donors (Lipinski definition) is 3. The Bertz CT molecular complexity index is 2250. The number of aromatic hydroxyl groups is 1. The van der Waals surface area contributed by atoms with Crippen molar-refractivity contribution in [3.05, 3.63) is 62.7 Å². The molecule has 7 heterocycles. The van der Waals surface area contributed by atoms with Crippen LogP contribution in [0.2, 0.25) is 0 Å². The van der Waals surface area contributed by atoms with E-state index < -0.39 is 59.1 Å². The number of methoxy groups -OCH3 is 2. The molecule has 3 N–H and O–H groups in total. The molecule has 0 saturated carbocycles. The van der Waals surface area contributed by atoms with Gasteiger partial charge >= 0.3 is 17.9 Å². The molecule has 3 aromatic rings. The van der Waals surface area contributed by atoms with Crippen molar-refractivity contribution in [1.29, 1.82) is 0 Å². The number of rotatable bonds is 4. The quantitative estimate of drug-likeness (QED) is 0.258. The Hall–Kier alpha value is -4.74. The molecule has 0 aliphatic carbocycles. The maximum Gasteiger partial charge on any atom is 0.331 e. The predicted molar refractivity (Wildman–Crippen MR) is 204 cm³/mol. The van der Waals surface area contributed by atoms with Crippen LogP contribution >= 0.6 is 11.8 Å². The molecule has 1 spiro atoms. The van der Waals surface area contributed by atoms with Crippen molar-refractivity contribution in [2.75, 3.05) is 47.0 Å². The second-order valence-electron chi connectivity index (χ2n) is 15.5. The fourth-order valence-corrected chi connectivity index (χ4v) is 11.9. The van der Waals surface area contributed by atoms with Crippen LogP contribution < -0.4 is 33.7 Å². The topological polar surface area (TPSA) is 175 Å². The highest BCUT2D eigenvalue weighted by atomic mass is 32.2. The van der Waals surface area contributed by atoms with Crippen LogP contribution in [0.25, 0.3) is 0 Å². The number of carbonyl (C=O) groups is 3. The molecule has 16 heteroatoms. The minimum Gasteiger partial charge on any atom is -0.504 e. The standard InChI is InChI=1S/C41H45N3O12S/c1-17-10-22-11-24-39(48)44-25-14-52-40(49)41(23-13-26(50-6)27(55-19(3)45)12-21(23)8-9-42-41)15-57-38(32(44)31(43(24)5)28(22)33(47)34(17)51-7)30-29(25)37-36(53-16-54-37)18(2)35(30)56-20(4)46/h10,12-13,24-25,31-32,38-39,42,47-48H,8-9,11,14-16H2,1-7H3/t24-,25+,31+,32?,38-,39+,41-/m1/s1. The molecule has 7 atom stereocenters. The number of hydrogen-bond acceptors (Lipinski definition) is 16. The normalized spacial score (nSPS) is 28.4. The summed E-state index contributed by atoms with van der Waals surface area (Å²) in [6, 6.07) is 3.18. The van der Waals surface area contributed by atoms with Gasteiger partial charge in [0.15, 0.2) is 40.0 Å². The van der Waals surface area contributed by atoms with Crippen molar-refractivity contribution in [3.8, 4) is 40.2 Å². The largest absolute Gasteiger partial charge is 0.504 e. The second kappa shape index (κ2) is 13.7. The monoisotopic (exact) mass is 803 g/mol. The van der Waals surface area contributed by atoms with Gasteiger partial charge in [0.1, 0.15) is 18.6 Å². The Morgan fingerprint density at radius 1 is 0.947 bits per heavy atom. The number of fused-ring (bicyclic) bond motifs is 9. The van der Waals surface area contributed by atoms with Crippen LogP contribution in [-0.2, 0) is 37.5 Å². The van der Waals surface area contributed by atoms with Crippen LogP contribution in [0.1, 0.15) is 75.7 Å². The van der Waals surface area contributed by atoms with E-state index in [1.807, 2.05) is 31.9 Å². The maximum absolute atomic E-state index is 14.8. The maximum atomic E-state index is 14.8. The molecule has 0 amide bonds. The van der Waals surface area contributed by atoms with E-state index >= 15 is 0 Å². The lowest BCUT2D eigenvalue weighted by atomic mass is 9.73. The third-order valence-electron chi connectivity index (χ3n) is 12.5. The molecule has 0 aromatic heterocycles. The highest BCUT2D eigenvalue weighted by Crippen LogP contribution is 2.64. The third-order valence-corrected chi connectivity index (χ3v) is 14.0.